The largest absolute Gasteiger partial charge is 0.493 e. The highest BCUT2D eigenvalue weighted by Crippen LogP contribution is 2.39. The number of aliphatic imine (C=N–C) groups is 1. The lowest BCUT2D eigenvalue weighted by Gasteiger charge is -2.44. The summed E-state index contributed by atoms with van der Waals surface area (Å²) in [4.78, 5) is 7.70. The second-order valence-corrected chi connectivity index (χ2v) is 8.09. The number of halogens is 2. The molecule has 1 fully saturated rings. The summed E-state index contributed by atoms with van der Waals surface area (Å²) in [6.45, 7) is 5.88. The first-order chi connectivity index (χ1) is 13.0. The van der Waals surface area contributed by atoms with Gasteiger partial charge < -0.3 is 14.4 Å². The van der Waals surface area contributed by atoms with Crippen LogP contribution in [0.25, 0.3) is 0 Å². The van der Waals surface area contributed by atoms with Crippen molar-refractivity contribution in [3.8, 4) is 17.6 Å². The van der Waals surface area contributed by atoms with Gasteiger partial charge in [-0.3, -0.25) is 4.90 Å². The van der Waals surface area contributed by atoms with Gasteiger partial charge in [-0.2, -0.15) is 5.26 Å². The Balaban J connectivity index is 2.30. The number of nitrogens with zero attached hydrogens (tertiary/aromatic N) is 4. The number of ether oxygens (including phenoxy) is 2. The number of nitriles is 1. The van der Waals surface area contributed by atoms with Gasteiger partial charge in [0, 0.05) is 44.7 Å². The van der Waals surface area contributed by atoms with Crippen LogP contribution >= 0.6 is 0 Å². The van der Waals surface area contributed by atoms with Crippen LogP contribution in [0.3, 0.4) is 0 Å². The summed E-state index contributed by atoms with van der Waals surface area (Å²) >= 11 is 0. The average Bonchev–Trinajstić information content (AvgIpc) is 2.60. The van der Waals surface area contributed by atoms with Crippen LogP contribution in [0.5, 0.6) is 11.5 Å². The summed E-state index contributed by atoms with van der Waals surface area (Å²) in [7, 11) is 5.03. The summed E-state index contributed by atoms with van der Waals surface area (Å²) in [6, 6.07) is 4.97. The van der Waals surface area contributed by atoms with Gasteiger partial charge in [-0.25, -0.2) is 13.8 Å². The molecule has 0 spiro atoms. The van der Waals surface area contributed by atoms with Gasteiger partial charge in [-0.15, -0.1) is 0 Å². The minimum absolute atomic E-state index is 0.122. The van der Waals surface area contributed by atoms with E-state index in [-0.39, 0.29) is 35.6 Å². The van der Waals surface area contributed by atoms with Crippen molar-refractivity contribution in [3.63, 3.8) is 0 Å². The van der Waals surface area contributed by atoms with E-state index in [1.807, 2.05) is 26.8 Å². The predicted molar refractivity (Wildman–Crippen MR) is 105 cm³/mol. The lowest BCUT2D eigenvalue weighted by Crippen LogP contribution is -2.58. The standard InChI is InChI=1S/C20H28F2N4O2/c1-19(2,3)26-8-7-18(20(21,22)12-26)28-17-9-14(11-23)15(10-16(17)27-6)24-13-25(4)5/h9-10,13,18H,7-8,12H2,1-6H3. The molecule has 0 aromatic heterocycles. The molecule has 1 aromatic carbocycles. The van der Waals surface area contributed by atoms with Crippen molar-refractivity contribution < 1.29 is 18.3 Å². The molecule has 1 atom stereocenters. The monoisotopic (exact) mass is 394 g/mol. The van der Waals surface area contributed by atoms with E-state index in [0.717, 1.165) is 0 Å². The number of benzene rings is 1. The fourth-order valence-electron chi connectivity index (χ4n) is 2.97. The van der Waals surface area contributed by atoms with Crippen LogP contribution in [-0.4, -0.2) is 68.0 Å². The Hall–Kier alpha value is -2.40. The van der Waals surface area contributed by atoms with Crippen molar-refractivity contribution in [3.05, 3.63) is 17.7 Å². The maximum atomic E-state index is 14.7. The molecule has 154 valence electrons. The van der Waals surface area contributed by atoms with Crippen LogP contribution in [0.1, 0.15) is 32.8 Å². The number of alkyl halides is 2. The SMILES string of the molecule is COc1cc(N=CN(C)C)c(C#N)cc1OC1CCN(C(C)(C)C)CC1(F)F. The predicted octanol–water partition coefficient (Wildman–Crippen LogP) is 3.68. The molecule has 2 rings (SSSR count). The first-order valence-electron chi connectivity index (χ1n) is 9.10. The van der Waals surface area contributed by atoms with Crippen molar-refractivity contribution in [2.24, 2.45) is 4.99 Å². The van der Waals surface area contributed by atoms with Crippen molar-refractivity contribution >= 4 is 12.0 Å². The number of methoxy groups -OCH3 is 1. The second-order valence-electron chi connectivity index (χ2n) is 8.09. The Morgan fingerprint density at radius 2 is 2.00 bits per heavy atom. The normalized spacial score (nSPS) is 20.0. The molecule has 0 bridgehead atoms. The van der Waals surface area contributed by atoms with Crippen molar-refractivity contribution in [2.75, 3.05) is 34.3 Å². The van der Waals surface area contributed by atoms with E-state index in [1.54, 1.807) is 30.2 Å². The van der Waals surface area contributed by atoms with E-state index in [9.17, 15) is 14.0 Å². The van der Waals surface area contributed by atoms with Crippen molar-refractivity contribution in [1.29, 1.82) is 5.26 Å². The molecule has 0 amide bonds. The molecule has 1 unspecified atom stereocenters. The molecule has 0 saturated carbocycles. The quantitative estimate of drug-likeness (QED) is 0.563. The van der Waals surface area contributed by atoms with Crippen LogP contribution in [0, 0.1) is 11.3 Å². The minimum atomic E-state index is -3.02. The first kappa shape index (κ1) is 21.9. The number of piperidine rings is 1. The minimum Gasteiger partial charge on any atom is -0.493 e. The molecule has 28 heavy (non-hydrogen) atoms. The zero-order valence-electron chi connectivity index (χ0n) is 17.3. The first-order valence-corrected chi connectivity index (χ1v) is 9.10. The molecule has 1 saturated heterocycles. The van der Waals surface area contributed by atoms with Gasteiger partial charge in [0.2, 0.25) is 0 Å². The Morgan fingerprint density at radius 1 is 1.32 bits per heavy atom. The van der Waals surface area contributed by atoms with Gasteiger partial charge in [0.25, 0.3) is 5.92 Å². The molecule has 1 aliphatic heterocycles. The van der Waals surface area contributed by atoms with Gasteiger partial charge in [0.15, 0.2) is 17.6 Å². The third-order valence-corrected chi connectivity index (χ3v) is 4.58. The molecular formula is C20H28F2N4O2. The Labute approximate surface area is 165 Å². The van der Waals surface area contributed by atoms with Crippen LogP contribution in [0.15, 0.2) is 17.1 Å². The third-order valence-electron chi connectivity index (χ3n) is 4.58. The molecule has 0 radical (unpaired) electrons. The third kappa shape index (κ3) is 5.10. The summed E-state index contributed by atoms with van der Waals surface area (Å²) in [5.41, 5.74) is 0.269. The van der Waals surface area contributed by atoms with E-state index in [1.165, 1.54) is 19.2 Å². The van der Waals surface area contributed by atoms with E-state index in [0.29, 0.717) is 12.2 Å². The van der Waals surface area contributed by atoms with Gasteiger partial charge >= 0.3 is 0 Å². The summed E-state index contributed by atoms with van der Waals surface area (Å²) in [5.74, 6) is -2.64. The van der Waals surface area contributed by atoms with E-state index in [2.05, 4.69) is 4.99 Å². The molecule has 0 N–H and O–H groups in total. The number of likely N-dealkylation sites (tertiary alicyclic amines) is 1. The molecule has 0 aliphatic carbocycles. The number of rotatable bonds is 5. The van der Waals surface area contributed by atoms with Gasteiger partial charge in [0.05, 0.1) is 31.2 Å². The van der Waals surface area contributed by atoms with E-state index < -0.39 is 12.0 Å². The molecule has 1 heterocycles. The van der Waals surface area contributed by atoms with Crippen LogP contribution < -0.4 is 9.47 Å². The van der Waals surface area contributed by atoms with E-state index in [4.69, 9.17) is 9.47 Å². The summed E-state index contributed by atoms with van der Waals surface area (Å²) in [5, 5.41) is 9.42. The molecular weight excluding hydrogens is 366 g/mol. The van der Waals surface area contributed by atoms with Gasteiger partial charge in [-0.1, -0.05) is 0 Å². The van der Waals surface area contributed by atoms with Crippen molar-refractivity contribution in [2.45, 2.75) is 44.8 Å². The van der Waals surface area contributed by atoms with Gasteiger partial charge in [-0.05, 0) is 20.8 Å². The fraction of sp³-hybridized carbons (Fsp3) is 0.600. The Kier molecular flexibility index (Phi) is 6.50. The number of hydrogen-bond acceptors (Lipinski definition) is 5. The van der Waals surface area contributed by atoms with E-state index >= 15 is 0 Å². The smallest absolute Gasteiger partial charge is 0.296 e. The number of hydrogen-bond donors (Lipinski definition) is 0. The zero-order valence-corrected chi connectivity index (χ0v) is 17.3. The Morgan fingerprint density at radius 3 is 2.50 bits per heavy atom. The fourth-order valence-corrected chi connectivity index (χ4v) is 2.97. The average molecular weight is 394 g/mol. The highest BCUT2D eigenvalue weighted by Gasteiger charge is 2.48. The highest BCUT2D eigenvalue weighted by atomic mass is 19.3. The Bertz CT molecular complexity index is 767. The molecule has 1 aliphatic rings. The maximum Gasteiger partial charge on any atom is 0.296 e. The van der Waals surface area contributed by atoms with Crippen LogP contribution in [-0.2, 0) is 0 Å². The molecule has 6 nitrogen and oxygen atoms in total. The van der Waals surface area contributed by atoms with Crippen molar-refractivity contribution in [1.82, 2.24) is 9.80 Å². The molecule has 8 heteroatoms. The van der Waals surface area contributed by atoms with Gasteiger partial charge in [0.1, 0.15) is 6.07 Å². The lowest BCUT2D eigenvalue weighted by atomic mass is 9.97. The molecule has 1 aromatic rings. The second kappa shape index (κ2) is 8.31. The van der Waals surface area contributed by atoms with Crippen LogP contribution in [0.4, 0.5) is 14.5 Å². The lowest BCUT2D eigenvalue weighted by molar-refractivity contribution is -0.153. The summed E-state index contributed by atoms with van der Waals surface area (Å²) in [6.07, 6.45) is 0.435. The highest BCUT2D eigenvalue weighted by molar-refractivity contribution is 5.68. The zero-order chi connectivity index (χ0) is 21.1. The summed E-state index contributed by atoms with van der Waals surface area (Å²) < 4.78 is 40.4. The van der Waals surface area contributed by atoms with Crippen LogP contribution in [0.2, 0.25) is 0 Å². The maximum absolute atomic E-state index is 14.7. The topological polar surface area (TPSA) is 61.1 Å².